The molecule has 0 aromatic carbocycles. The number of methoxy groups -OCH3 is 2. The molecule has 0 N–H and O–H groups in total. The van der Waals surface area contributed by atoms with Gasteiger partial charge in [-0.3, -0.25) is 19.1 Å². The van der Waals surface area contributed by atoms with E-state index in [1.807, 2.05) is 10.9 Å². The Morgan fingerprint density at radius 3 is 2.60 bits per heavy atom. The molecule has 7 nitrogen and oxygen atoms in total. The Hall–Kier alpha value is -0.544. The number of ether oxygens (including phenoxy) is 2. The number of hydrogen-bond donors (Lipinski definition) is 0. The average Bonchev–Trinajstić information content (AvgIpc) is 2.95. The van der Waals surface area contributed by atoms with Crippen LogP contribution < -0.4 is 51.4 Å². The van der Waals surface area contributed by atoms with Crippen LogP contribution in [0.3, 0.4) is 0 Å². The smallest absolute Gasteiger partial charge is 1.00 e. The van der Waals surface area contributed by atoms with Gasteiger partial charge in [0.25, 0.3) is 0 Å². The fourth-order valence-corrected chi connectivity index (χ4v) is 3.51. The van der Waals surface area contributed by atoms with Crippen molar-refractivity contribution in [1.29, 1.82) is 0 Å². The Balaban J connectivity index is -0.00000000663. The van der Waals surface area contributed by atoms with Gasteiger partial charge in [0.05, 0.1) is 31.9 Å². The van der Waals surface area contributed by atoms with Gasteiger partial charge in [0.15, 0.2) is 0 Å². The van der Waals surface area contributed by atoms with Crippen molar-refractivity contribution in [3.05, 3.63) is 17.5 Å². The number of nitrogens with zero attached hydrogens (tertiary/aromatic N) is 2. The van der Waals surface area contributed by atoms with E-state index in [0.717, 1.165) is 36.9 Å². The van der Waals surface area contributed by atoms with Crippen molar-refractivity contribution in [3.63, 3.8) is 0 Å². The summed E-state index contributed by atoms with van der Waals surface area (Å²) in [5.41, 5.74) is 2.10. The first-order valence-corrected chi connectivity index (χ1v) is 8.26. The minimum atomic E-state index is -0.482. The summed E-state index contributed by atoms with van der Waals surface area (Å²) in [6.45, 7) is 0. The van der Waals surface area contributed by atoms with Crippen molar-refractivity contribution in [2.24, 2.45) is 11.8 Å². The molecular weight excluding hydrogens is 351 g/mol. The van der Waals surface area contributed by atoms with Crippen LogP contribution in [0.2, 0.25) is 0 Å². The summed E-state index contributed by atoms with van der Waals surface area (Å²) < 4.78 is 11.2. The zero-order valence-corrected chi connectivity index (χ0v) is 18.1. The van der Waals surface area contributed by atoms with E-state index in [4.69, 9.17) is 4.74 Å². The Morgan fingerprint density at radius 1 is 1.24 bits per heavy atom. The molecule has 0 saturated heterocycles. The van der Waals surface area contributed by atoms with Gasteiger partial charge in [-0.25, -0.2) is 0 Å². The minimum absolute atomic E-state index is 0. The van der Waals surface area contributed by atoms with Crippen LogP contribution in [0.5, 0.6) is 0 Å². The van der Waals surface area contributed by atoms with E-state index in [1.165, 1.54) is 14.2 Å². The zero-order chi connectivity index (χ0) is 17.3. The van der Waals surface area contributed by atoms with Crippen LogP contribution in [0.15, 0.2) is 6.20 Å². The maximum atomic E-state index is 12.2. The second kappa shape index (κ2) is 8.90. The fourth-order valence-electron chi connectivity index (χ4n) is 3.51. The van der Waals surface area contributed by atoms with Crippen LogP contribution in [0.25, 0.3) is 0 Å². The number of carbonyl (C=O) groups excluding carboxylic acids is 3. The van der Waals surface area contributed by atoms with Gasteiger partial charge >= 0.3 is 63.3 Å². The van der Waals surface area contributed by atoms with Crippen LogP contribution in [-0.2, 0) is 36.7 Å². The van der Waals surface area contributed by atoms with Crippen LogP contribution >= 0.6 is 0 Å². The standard InChI is InChI=1S/C17H22N2O5.K.33H/c1-23-16(21)8-15(20)10-3-4-14-12(5-10)9-19(18-14)13-6-11(7-13)17(22)24-2;;;;;;;;;;;;;;;;;;;;;;;;;;;;;;;;;;/h9-11,13H,3-8H2,1-2H3;;;;;;;;;;;;;;;;;;;;;;;;;;;;;;;;;;/q;+1;33*-1/i;;33*1+2. The summed E-state index contributed by atoms with van der Waals surface area (Å²) in [7, 11) is 2.70. The molecule has 1 fully saturated rings. The molecule has 0 aliphatic heterocycles. The third-order valence-corrected chi connectivity index (χ3v) is 5.11. The zero-order valence-electron chi connectivity index (χ0n) is 48.0. The van der Waals surface area contributed by atoms with E-state index < -0.39 is 5.97 Å². The van der Waals surface area contributed by atoms with E-state index in [0.29, 0.717) is 6.42 Å². The van der Waals surface area contributed by atoms with Crippen LogP contribution in [0.1, 0.15) is 90.1 Å². The van der Waals surface area contributed by atoms with Gasteiger partial charge < -0.3 is 56.6 Å². The number of aryl methyl sites for hydroxylation is 1. The molecule has 1 aromatic rings. The third kappa shape index (κ3) is 4.60. The monoisotopic (exact) mass is 473 g/mol. The predicted molar refractivity (Wildman–Crippen MR) is 120 cm³/mol. The summed E-state index contributed by atoms with van der Waals surface area (Å²) in [6.07, 6.45) is 5.41. The Morgan fingerprint density at radius 2 is 1.96 bits per heavy atom. The number of rotatable bonds is 5. The molecule has 0 bridgehead atoms. The van der Waals surface area contributed by atoms with Crippen LogP contribution in [0.4, 0.5) is 0 Å². The van der Waals surface area contributed by atoms with Crippen molar-refractivity contribution in [2.45, 2.75) is 44.6 Å². The Labute approximate surface area is 238 Å². The third-order valence-electron chi connectivity index (χ3n) is 5.11. The van der Waals surface area contributed by atoms with Gasteiger partial charge in [-0.15, -0.1) is 0 Å². The molecule has 2 aliphatic rings. The molecular formula is C17H55KN2O5-32. The molecule has 0 radical (unpaired) electrons. The first kappa shape index (κ1) is 20.8. The summed E-state index contributed by atoms with van der Waals surface area (Å²) >= 11 is 0. The van der Waals surface area contributed by atoms with Crippen molar-refractivity contribution in [2.75, 3.05) is 14.2 Å². The van der Waals surface area contributed by atoms with Gasteiger partial charge in [-0.2, -0.15) is 5.10 Å². The molecule has 2 aliphatic carbocycles. The van der Waals surface area contributed by atoms with Gasteiger partial charge in [-0.1, -0.05) is 0 Å². The number of carbonyl (C=O) groups is 3. The molecule has 1 heterocycles. The molecule has 0 spiro atoms. The van der Waals surface area contributed by atoms with E-state index in [2.05, 4.69) is 9.84 Å². The van der Waals surface area contributed by atoms with E-state index in [1.54, 1.807) is 0 Å². The normalized spacial score (nSPS) is 24.3. The quantitative estimate of drug-likeness (QED) is 0.370. The topological polar surface area (TPSA) is 87.5 Å². The molecule has 1 unspecified atom stereocenters. The molecule has 1 aromatic heterocycles. The van der Waals surface area contributed by atoms with Crippen molar-refractivity contribution < 1.29 is 122 Å². The van der Waals surface area contributed by atoms with Gasteiger partial charge in [-0.05, 0) is 37.7 Å². The molecule has 1 saturated carbocycles. The summed E-state index contributed by atoms with van der Waals surface area (Å²) in [5.74, 6) is -0.870. The molecule has 0 amide bonds. The van der Waals surface area contributed by atoms with Crippen LogP contribution in [0, 0.1) is 11.8 Å². The van der Waals surface area contributed by atoms with Gasteiger partial charge in [0.2, 0.25) is 0 Å². The van der Waals surface area contributed by atoms with Crippen molar-refractivity contribution >= 4 is 17.7 Å². The molecule has 196 valence electrons. The molecule has 8 heteroatoms. The second-order valence-corrected chi connectivity index (χ2v) is 6.59. The van der Waals surface area contributed by atoms with Gasteiger partial charge in [0, 0.05) is 12.1 Å². The summed E-state index contributed by atoms with van der Waals surface area (Å²) in [6, 6.07) is 0.226. The maximum absolute atomic E-state index is 12.2. The Kier molecular flexibility index (Phi) is 7.39. The number of ketones is 1. The number of aromatic nitrogens is 2. The summed E-state index contributed by atoms with van der Waals surface area (Å²) in [4.78, 5) is 34.9. The van der Waals surface area contributed by atoms with Gasteiger partial charge in [0.1, 0.15) is 12.2 Å². The molecule has 1 atom stereocenters. The Bertz CT molecular complexity index is 723. The fraction of sp³-hybridized carbons (Fsp3) is 0.647. The first-order chi connectivity index (χ1) is 11.5. The van der Waals surface area contributed by atoms with E-state index >= 15 is 0 Å². The van der Waals surface area contributed by atoms with E-state index in [9.17, 15) is 14.4 Å². The summed E-state index contributed by atoms with van der Waals surface area (Å²) in [5, 5.41) is 4.62. The van der Waals surface area contributed by atoms with E-state index in [-0.39, 0.29) is 135 Å². The molecule has 3 rings (SSSR count). The average molecular weight is 473 g/mol. The van der Waals surface area contributed by atoms with Crippen molar-refractivity contribution in [1.82, 2.24) is 9.78 Å². The van der Waals surface area contributed by atoms with Crippen molar-refractivity contribution in [3.8, 4) is 0 Å². The second-order valence-electron chi connectivity index (χ2n) is 6.59. The largest absolute Gasteiger partial charge is 1.00 e. The SMILES string of the molecule is COC(=O)CC(=O)C1CCc2nn(C3CC(C(=O)OC)C3)cc2C1.[3H-].[3H-].[3H-].[3H-].[3H-].[3H-].[3H-].[3H-].[3H-].[3H-].[3H-].[3H-].[3H-].[3H-].[3H-].[3H-].[3H-].[3H-].[3H-].[3H-].[3H-].[3H-].[3H-].[3H-].[3H-].[3H-].[3H-].[3H-].[3H-].[3H-].[3H-].[3H-].[3H-].[K+]. The predicted octanol–water partition coefficient (Wildman–Crippen LogP) is 1.96. The number of Topliss-reactive ketones (excluding diaryl/α,β-unsaturated/α-hetero) is 1. The molecule has 25 heavy (non-hydrogen) atoms. The first-order valence-electron chi connectivity index (χ1n) is 8.26. The number of hydrogen-bond acceptors (Lipinski definition) is 6. The maximum Gasteiger partial charge on any atom is 1.00 e. The number of esters is 2. The minimum Gasteiger partial charge on any atom is -1.00 e. The van der Waals surface area contributed by atoms with Crippen LogP contribution in [-0.4, -0.2) is 41.7 Å². The number of fused-ring (bicyclic) bond motifs is 1.